The van der Waals surface area contributed by atoms with E-state index in [0.717, 1.165) is 54.8 Å². The van der Waals surface area contributed by atoms with Crippen molar-refractivity contribution in [3.05, 3.63) is 194 Å². The summed E-state index contributed by atoms with van der Waals surface area (Å²) in [6.07, 6.45) is 0. The predicted octanol–water partition coefficient (Wildman–Crippen LogP) is 16.3. The molecule has 0 aliphatic carbocycles. The van der Waals surface area contributed by atoms with Gasteiger partial charge in [-0.2, -0.15) is 0 Å². The van der Waals surface area contributed by atoms with Gasteiger partial charge in [0.15, 0.2) is 0 Å². The van der Waals surface area contributed by atoms with E-state index in [1.54, 1.807) is 0 Å². The normalized spacial score (nSPS) is 12.1. The number of hydrogen-bond acceptors (Lipinski definition) is 2. The van der Waals surface area contributed by atoms with Crippen LogP contribution >= 0.6 is 0 Å². The number of hydrogen-bond donors (Lipinski definition) is 0. The van der Waals surface area contributed by atoms with Crippen molar-refractivity contribution in [3.8, 4) is 33.4 Å². The summed E-state index contributed by atoms with van der Waals surface area (Å²) in [5.74, 6) is 0. The van der Waals surface area contributed by atoms with Crippen LogP contribution < -0.4 is 0 Å². The molecular weight excluding hydrogens is 705 g/mol. The Bertz CT molecular complexity index is 3800. The fraction of sp³-hybridized carbons (Fsp3) is 0. The van der Waals surface area contributed by atoms with Gasteiger partial charge in [-0.1, -0.05) is 170 Å². The standard InChI is InChI=1S/C56H32O2/c1-2-16-34-33(14-1)15-13-26-40(34)52-42-22-7-9-24-44(42)53(45-25-10-8-23-43(45)52)46-29-28-38(35-17-3-4-18-36(35)46)48-32-51-54(41-21-6-5-19-37(41)48)55-50(57-51)31-30-47-39-20-11-12-27-49(39)58-56(47)55/h1-32H. The number of benzene rings is 11. The number of furan rings is 2. The van der Waals surface area contributed by atoms with Crippen molar-refractivity contribution in [3.63, 3.8) is 0 Å². The molecule has 58 heavy (non-hydrogen) atoms. The van der Waals surface area contributed by atoms with Gasteiger partial charge in [0.25, 0.3) is 0 Å². The molecule has 0 saturated carbocycles. The first-order valence-electron chi connectivity index (χ1n) is 19.9. The lowest BCUT2D eigenvalue weighted by atomic mass is 9.82. The van der Waals surface area contributed by atoms with Gasteiger partial charge in [0.2, 0.25) is 0 Å². The Balaban J connectivity index is 1.09. The van der Waals surface area contributed by atoms with Crippen molar-refractivity contribution in [2.24, 2.45) is 0 Å². The molecule has 0 saturated heterocycles. The molecule has 0 atom stereocenters. The van der Waals surface area contributed by atoms with Gasteiger partial charge in [-0.05, 0) is 112 Å². The Morgan fingerprint density at radius 1 is 0.241 bits per heavy atom. The highest BCUT2D eigenvalue weighted by molar-refractivity contribution is 6.30. The molecule has 0 spiro atoms. The van der Waals surface area contributed by atoms with Crippen LogP contribution in [0, 0.1) is 0 Å². The van der Waals surface area contributed by atoms with Crippen LogP contribution in [0.5, 0.6) is 0 Å². The third kappa shape index (κ3) is 4.32. The van der Waals surface area contributed by atoms with E-state index in [4.69, 9.17) is 8.83 Å². The van der Waals surface area contributed by atoms with Gasteiger partial charge >= 0.3 is 0 Å². The van der Waals surface area contributed by atoms with Crippen LogP contribution in [0.1, 0.15) is 0 Å². The Morgan fingerprint density at radius 3 is 1.43 bits per heavy atom. The van der Waals surface area contributed by atoms with Crippen LogP contribution in [0.4, 0.5) is 0 Å². The van der Waals surface area contributed by atoms with E-state index >= 15 is 0 Å². The van der Waals surface area contributed by atoms with Crippen molar-refractivity contribution in [2.45, 2.75) is 0 Å². The molecule has 0 amide bonds. The highest BCUT2D eigenvalue weighted by Gasteiger charge is 2.23. The summed E-state index contributed by atoms with van der Waals surface area (Å²) >= 11 is 0. The van der Waals surface area contributed by atoms with E-state index in [-0.39, 0.29) is 0 Å². The van der Waals surface area contributed by atoms with Gasteiger partial charge in [-0.15, -0.1) is 0 Å². The van der Waals surface area contributed by atoms with E-state index in [9.17, 15) is 0 Å². The fourth-order valence-corrected chi connectivity index (χ4v) is 10.0. The predicted molar refractivity (Wildman–Crippen MR) is 245 cm³/mol. The summed E-state index contributed by atoms with van der Waals surface area (Å²) in [6, 6.07) is 70.4. The highest BCUT2D eigenvalue weighted by Crippen LogP contribution is 2.49. The average Bonchev–Trinajstić information content (AvgIpc) is 3.86. The van der Waals surface area contributed by atoms with Gasteiger partial charge in [-0.25, -0.2) is 0 Å². The molecule has 0 aliphatic rings. The summed E-state index contributed by atoms with van der Waals surface area (Å²) in [5, 5.41) is 16.6. The summed E-state index contributed by atoms with van der Waals surface area (Å²) in [5.41, 5.74) is 10.8. The van der Waals surface area contributed by atoms with Crippen LogP contribution in [0.2, 0.25) is 0 Å². The van der Waals surface area contributed by atoms with Crippen LogP contribution in [0.25, 0.3) is 131 Å². The van der Waals surface area contributed by atoms with E-state index in [2.05, 4.69) is 182 Å². The minimum Gasteiger partial charge on any atom is -0.456 e. The average molecular weight is 737 g/mol. The molecule has 268 valence electrons. The second-order valence-electron chi connectivity index (χ2n) is 15.4. The Kier molecular flexibility index (Phi) is 6.47. The Labute approximate surface area is 332 Å². The number of rotatable bonds is 3. The third-order valence-corrected chi connectivity index (χ3v) is 12.5. The van der Waals surface area contributed by atoms with E-state index in [0.29, 0.717) is 0 Å². The minimum absolute atomic E-state index is 0.828. The number of fused-ring (bicyclic) bond motifs is 13. The van der Waals surface area contributed by atoms with E-state index in [1.807, 2.05) is 12.1 Å². The molecule has 0 bridgehead atoms. The molecule has 0 radical (unpaired) electrons. The van der Waals surface area contributed by atoms with Crippen molar-refractivity contribution < 1.29 is 8.83 Å². The fourth-order valence-electron chi connectivity index (χ4n) is 10.0. The first kappa shape index (κ1) is 31.5. The van der Waals surface area contributed by atoms with Gasteiger partial charge in [0, 0.05) is 16.2 Å². The molecule has 0 unspecified atom stereocenters. The van der Waals surface area contributed by atoms with E-state index < -0.39 is 0 Å². The molecule has 13 rings (SSSR count). The zero-order chi connectivity index (χ0) is 37.9. The molecule has 2 heteroatoms. The molecule has 0 fully saturated rings. The second-order valence-corrected chi connectivity index (χ2v) is 15.4. The quantitative estimate of drug-likeness (QED) is 0.169. The van der Waals surface area contributed by atoms with Crippen molar-refractivity contribution in [1.29, 1.82) is 0 Å². The summed E-state index contributed by atoms with van der Waals surface area (Å²) in [4.78, 5) is 0. The molecule has 2 nitrogen and oxygen atoms in total. The lowest BCUT2D eigenvalue weighted by molar-refractivity contribution is 0.663. The van der Waals surface area contributed by atoms with Gasteiger partial charge < -0.3 is 8.83 Å². The Hall–Kier alpha value is -7.68. The molecular formula is C56H32O2. The first-order valence-corrected chi connectivity index (χ1v) is 19.9. The van der Waals surface area contributed by atoms with Gasteiger partial charge in [-0.3, -0.25) is 0 Å². The van der Waals surface area contributed by atoms with Crippen LogP contribution in [0.15, 0.2) is 203 Å². The first-order chi connectivity index (χ1) is 28.8. The topological polar surface area (TPSA) is 26.3 Å². The van der Waals surface area contributed by atoms with Gasteiger partial charge in [0.1, 0.15) is 22.3 Å². The maximum absolute atomic E-state index is 6.74. The third-order valence-electron chi connectivity index (χ3n) is 12.5. The Morgan fingerprint density at radius 2 is 0.741 bits per heavy atom. The lowest BCUT2D eigenvalue weighted by Crippen LogP contribution is -1.93. The second kappa shape index (κ2) is 11.9. The van der Waals surface area contributed by atoms with Crippen LogP contribution in [0.3, 0.4) is 0 Å². The van der Waals surface area contributed by atoms with Crippen molar-refractivity contribution >= 4 is 97.7 Å². The summed E-state index contributed by atoms with van der Waals surface area (Å²) in [7, 11) is 0. The summed E-state index contributed by atoms with van der Waals surface area (Å²) in [6.45, 7) is 0. The lowest BCUT2D eigenvalue weighted by Gasteiger charge is -2.20. The van der Waals surface area contributed by atoms with Gasteiger partial charge in [0.05, 0.1) is 5.39 Å². The molecule has 2 heterocycles. The number of para-hydroxylation sites is 1. The smallest absolute Gasteiger partial charge is 0.147 e. The van der Waals surface area contributed by atoms with Crippen LogP contribution in [-0.4, -0.2) is 0 Å². The zero-order valence-electron chi connectivity index (χ0n) is 31.3. The summed E-state index contributed by atoms with van der Waals surface area (Å²) < 4.78 is 13.3. The van der Waals surface area contributed by atoms with Crippen molar-refractivity contribution in [1.82, 2.24) is 0 Å². The maximum atomic E-state index is 6.74. The zero-order valence-corrected chi connectivity index (χ0v) is 31.3. The van der Waals surface area contributed by atoms with E-state index in [1.165, 1.54) is 76.3 Å². The molecule has 13 aromatic rings. The SMILES string of the molecule is c1ccc2c(-c3c4ccccc4c(-c4ccc(-c5cc6oc7ccc8c9ccccc9oc8c7c6c6ccccc56)c5ccccc45)c4ccccc34)cccc2c1. The largest absolute Gasteiger partial charge is 0.456 e. The molecule has 2 aromatic heterocycles. The van der Waals surface area contributed by atoms with Crippen molar-refractivity contribution in [2.75, 3.05) is 0 Å². The molecule has 0 N–H and O–H groups in total. The minimum atomic E-state index is 0.828. The van der Waals surface area contributed by atoms with Crippen LogP contribution in [-0.2, 0) is 0 Å². The molecule has 11 aromatic carbocycles. The monoisotopic (exact) mass is 736 g/mol. The molecule has 0 aliphatic heterocycles. The maximum Gasteiger partial charge on any atom is 0.147 e. The highest BCUT2D eigenvalue weighted by atomic mass is 16.3.